The van der Waals surface area contributed by atoms with Crippen LogP contribution in [-0.2, 0) is 4.79 Å². The van der Waals surface area contributed by atoms with Gasteiger partial charge in [0.1, 0.15) is 0 Å². The van der Waals surface area contributed by atoms with Crippen molar-refractivity contribution in [3.8, 4) is 0 Å². The molecule has 1 rings (SSSR count). The predicted octanol–water partition coefficient (Wildman–Crippen LogP) is 2.68. The number of hydrogen-bond acceptors (Lipinski definition) is 2. The van der Waals surface area contributed by atoms with Crippen molar-refractivity contribution in [1.82, 2.24) is 10.9 Å². The van der Waals surface area contributed by atoms with Gasteiger partial charge in [0.25, 0.3) is 0 Å². The third-order valence-electron chi connectivity index (χ3n) is 2.17. The Morgan fingerprint density at radius 2 is 1.84 bits per heavy atom. The molecule has 7 heteroatoms. The highest BCUT2D eigenvalue weighted by molar-refractivity contribution is 6.31. The van der Waals surface area contributed by atoms with Gasteiger partial charge in [-0.1, -0.05) is 38.4 Å². The molecule has 0 aliphatic rings. The average Bonchev–Trinajstić information content (AvgIpc) is 2.30. The van der Waals surface area contributed by atoms with E-state index < -0.39 is 17.3 Å². The summed E-state index contributed by atoms with van der Waals surface area (Å²) in [6.45, 7) is 5.08. The number of benzene rings is 1. The van der Waals surface area contributed by atoms with E-state index in [-0.39, 0.29) is 16.6 Å². The number of halogens is 2. The average molecular weight is 288 g/mol. The first-order valence-corrected chi connectivity index (χ1v) is 5.91. The van der Waals surface area contributed by atoms with Gasteiger partial charge in [0.2, 0.25) is 5.91 Å². The number of hydrogen-bond donors (Lipinski definition) is 3. The molecule has 0 spiro atoms. The monoisotopic (exact) mass is 287 g/mol. The maximum atomic E-state index is 13.5. The number of carbonyl (C=O) groups excluding carboxylic acids is 2. The van der Waals surface area contributed by atoms with Crippen LogP contribution in [0.4, 0.5) is 14.9 Å². The van der Waals surface area contributed by atoms with Gasteiger partial charge in [-0.2, -0.15) is 0 Å². The van der Waals surface area contributed by atoms with Gasteiger partial charge in [-0.3, -0.25) is 10.2 Å². The minimum atomic E-state index is -0.765. The van der Waals surface area contributed by atoms with Crippen LogP contribution in [0.1, 0.15) is 20.8 Å². The quantitative estimate of drug-likeness (QED) is 0.695. The van der Waals surface area contributed by atoms with E-state index >= 15 is 0 Å². The van der Waals surface area contributed by atoms with Crippen molar-refractivity contribution in [3.05, 3.63) is 29.0 Å². The van der Waals surface area contributed by atoms with Crippen LogP contribution in [0.3, 0.4) is 0 Å². The zero-order chi connectivity index (χ0) is 14.6. The molecule has 0 fully saturated rings. The Balaban J connectivity index is 2.57. The van der Waals surface area contributed by atoms with Crippen LogP contribution in [0.25, 0.3) is 0 Å². The summed E-state index contributed by atoms with van der Waals surface area (Å²) in [4.78, 5) is 23.0. The smallest absolute Gasteiger partial charge is 0.304 e. The summed E-state index contributed by atoms with van der Waals surface area (Å²) in [5, 5.41) is 2.13. The molecule has 0 aliphatic carbocycles. The van der Waals surface area contributed by atoms with Crippen LogP contribution in [0.15, 0.2) is 18.2 Å². The Labute approximate surface area is 115 Å². The molecule has 0 aliphatic heterocycles. The lowest BCUT2D eigenvalue weighted by Gasteiger charge is -2.18. The number of carbonyl (C=O) groups is 2. The third kappa shape index (κ3) is 4.40. The van der Waals surface area contributed by atoms with Crippen LogP contribution in [0, 0.1) is 11.2 Å². The van der Waals surface area contributed by atoms with Crippen molar-refractivity contribution in [3.63, 3.8) is 0 Å². The van der Waals surface area contributed by atoms with Crippen molar-refractivity contribution in [1.29, 1.82) is 0 Å². The summed E-state index contributed by atoms with van der Waals surface area (Å²) >= 11 is 5.57. The van der Waals surface area contributed by atoms with E-state index in [0.717, 1.165) is 0 Å². The standard InChI is InChI=1S/C12H15ClFN3O2/c1-12(2,3)10(18)16-17-11(19)15-8-6-4-5-7(13)9(8)14/h4-6H,1-3H3,(H,16,18)(H2,15,17,19). The van der Waals surface area contributed by atoms with Gasteiger partial charge in [-0.05, 0) is 12.1 Å². The van der Waals surface area contributed by atoms with Gasteiger partial charge in [-0.25, -0.2) is 14.6 Å². The third-order valence-corrected chi connectivity index (χ3v) is 2.46. The number of rotatable bonds is 1. The molecular formula is C12H15ClFN3O2. The van der Waals surface area contributed by atoms with E-state index in [1.165, 1.54) is 18.2 Å². The topological polar surface area (TPSA) is 70.2 Å². The van der Waals surface area contributed by atoms with Crippen LogP contribution >= 0.6 is 11.6 Å². The van der Waals surface area contributed by atoms with Crippen LogP contribution in [0.5, 0.6) is 0 Å². The van der Waals surface area contributed by atoms with Crippen molar-refractivity contribution in [2.45, 2.75) is 20.8 Å². The van der Waals surface area contributed by atoms with Crippen molar-refractivity contribution in [2.24, 2.45) is 5.41 Å². The molecule has 19 heavy (non-hydrogen) atoms. The predicted molar refractivity (Wildman–Crippen MR) is 71.2 cm³/mol. The number of hydrazine groups is 1. The van der Waals surface area contributed by atoms with E-state index in [1.807, 2.05) is 0 Å². The summed E-state index contributed by atoms with van der Waals surface area (Å²) in [5.74, 6) is -1.10. The fourth-order valence-corrected chi connectivity index (χ4v) is 1.23. The highest BCUT2D eigenvalue weighted by Gasteiger charge is 2.21. The molecule has 1 aromatic rings. The fraction of sp³-hybridized carbons (Fsp3) is 0.333. The summed E-state index contributed by atoms with van der Waals surface area (Å²) in [6, 6.07) is 3.45. The second-order valence-corrected chi connectivity index (χ2v) is 5.29. The second kappa shape index (κ2) is 5.88. The number of urea groups is 1. The molecule has 0 radical (unpaired) electrons. The van der Waals surface area contributed by atoms with E-state index in [9.17, 15) is 14.0 Å². The summed E-state index contributed by atoms with van der Waals surface area (Å²) in [5.41, 5.74) is 3.63. The van der Waals surface area contributed by atoms with E-state index in [2.05, 4.69) is 16.2 Å². The van der Waals surface area contributed by atoms with Crippen LogP contribution < -0.4 is 16.2 Å². The zero-order valence-electron chi connectivity index (χ0n) is 10.8. The maximum Gasteiger partial charge on any atom is 0.338 e. The first-order valence-electron chi connectivity index (χ1n) is 5.53. The molecule has 0 saturated carbocycles. The Bertz CT molecular complexity index is 500. The first kappa shape index (κ1) is 15.2. The second-order valence-electron chi connectivity index (χ2n) is 4.88. The number of amides is 3. The Hall–Kier alpha value is -1.82. The molecule has 0 heterocycles. The van der Waals surface area contributed by atoms with Gasteiger partial charge in [0.15, 0.2) is 5.82 Å². The molecule has 0 aromatic heterocycles. The minimum absolute atomic E-state index is 0.0741. The molecule has 0 saturated heterocycles. The number of anilines is 1. The molecule has 104 valence electrons. The molecule has 5 nitrogen and oxygen atoms in total. The van der Waals surface area contributed by atoms with Gasteiger partial charge >= 0.3 is 6.03 Å². The molecular weight excluding hydrogens is 273 g/mol. The van der Waals surface area contributed by atoms with Gasteiger partial charge in [0.05, 0.1) is 10.7 Å². The highest BCUT2D eigenvalue weighted by Crippen LogP contribution is 2.21. The van der Waals surface area contributed by atoms with Gasteiger partial charge in [0, 0.05) is 5.41 Å². The summed E-state index contributed by atoms with van der Waals surface area (Å²) in [7, 11) is 0. The molecule has 3 amide bonds. The lowest BCUT2D eigenvalue weighted by Crippen LogP contribution is -2.48. The Kier molecular flexibility index (Phi) is 4.72. The molecule has 0 unspecified atom stereocenters. The molecule has 1 aromatic carbocycles. The summed E-state index contributed by atoms with van der Waals surface area (Å²) in [6.07, 6.45) is 0. The molecule has 0 atom stereocenters. The highest BCUT2D eigenvalue weighted by atomic mass is 35.5. The fourth-order valence-electron chi connectivity index (χ4n) is 1.05. The van der Waals surface area contributed by atoms with E-state index in [0.29, 0.717) is 0 Å². The molecule has 3 N–H and O–H groups in total. The molecule has 0 bridgehead atoms. The van der Waals surface area contributed by atoms with E-state index in [4.69, 9.17) is 11.6 Å². The van der Waals surface area contributed by atoms with Crippen molar-refractivity contribution in [2.75, 3.05) is 5.32 Å². The van der Waals surface area contributed by atoms with E-state index in [1.54, 1.807) is 20.8 Å². The van der Waals surface area contributed by atoms with Crippen LogP contribution in [-0.4, -0.2) is 11.9 Å². The van der Waals surface area contributed by atoms with Crippen molar-refractivity contribution < 1.29 is 14.0 Å². The number of nitrogens with one attached hydrogen (secondary N) is 3. The SMILES string of the molecule is CC(C)(C)C(=O)NNC(=O)Nc1cccc(Cl)c1F. The maximum absolute atomic E-state index is 13.5. The minimum Gasteiger partial charge on any atom is -0.304 e. The largest absolute Gasteiger partial charge is 0.338 e. The van der Waals surface area contributed by atoms with Gasteiger partial charge < -0.3 is 5.32 Å². The summed E-state index contributed by atoms with van der Waals surface area (Å²) < 4.78 is 13.5. The van der Waals surface area contributed by atoms with Crippen molar-refractivity contribution >= 4 is 29.2 Å². The van der Waals surface area contributed by atoms with Gasteiger partial charge in [-0.15, -0.1) is 0 Å². The Morgan fingerprint density at radius 1 is 1.21 bits per heavy atom. The van der Waals surface area contributed by atoms with Crippen LogP contribution in [0.2, 0.25) is 5.02 Å². The first-order chi connectivity index (χ1) is 8.71. The lowest BCUT2D eigenvalue weighted by atomic mass is 9.96. The Morgan fingerprint density at radius 3 is 2.42 bits per heavy atom. The zero-order valence-corrected chi connectivity index (χ0v) is 11.6. The normalized spacial score (nSPS) is 10.8. The lowest BCUT2D eigenvalue weighted by molar-refractivity contribution is -0.129.